The minimum atomic E-state index is -1.06. The second kappa shape index (κ2) is 3.34. The molecule has 0 unspecified atom stereocenters. The van der Waals surface area contributed by atoms with E-state index in [0.717, 1.165) is 15.4 Å². The maximum Gasteiger partial charge on any atom is 0.409 e. The fourth-order valence-corrected chi connectivity index (χ4v) is 1.67. The molecular weight excluding hydrogens is 248 g/mol. The Morgan fingerprint density at radius 3 is 3.00 bits per heavy atom. The van der Waals surface area contributed by atoms with Crippen LogP contribution in [0.5, 0.6) is 0 Å². The van der Waals surface area contributed by atoms with Crippen molar-refractivity contribution in [2.45, 2.75) is 0 Å². The summed E-state index contributed by atoms with van der Waals surface area (Å²) < 4.78 is 0.915. The molecule has 1 amide bonds. The Bertz CT molecular complexity index is 493. The summed E-state index contributed by atoms with van der Waals surface area (Å²) in [6.45, 7) is 0. The summed E-state index contributed by atoms with van der Waals surface area (Å²) >= 11 is 3.33. The zero-order valence-corrected chi connectivity index (χ0v) is 8.63. The van der Waals surface area contributed by atoms with Crippen LogP contribution in [0.3, 0.4) is 0 Å². The molecule has 0 spiro atoms. The molecule has 0 saturated heterocycles. The number of carbonyl (C=O) groups is 1. The highest BCUT2D eigenvalue weighted by Gasteiger charge is 2.05. The first-order valence-corrected chi connectivity index (χ1v) is 4.73. The van der Waals surface area contributed by atoms with Gasteiger partial charge in [-0.2, -0.15) is 0 Å². The van der Waals surface area contributed by atoms with Crippen LogP contribution < -0.4 is 5.32 Å². The van der Waals surface area contributed by atoms with Gasteiger partial charge < -0.3 is 10.1 Å². The third kappa shape index (κ3) is 1.58. The second-order valence-electron chi connectivity index (χ2n) is 2.82. The number of aromatic amines is 1. The lowest BCUT2D eigenvalue weighted by Gasteiger charge is -1.97. The van der Waals surface area contributed by atoms with Gasteiger partial charge in [-0.1, -0.05) is 15.9 Å². The van der Waals surface area contributed by atoms with E-state index in [4.69, 9.17) is 5.11 Å². The van der Waals surface area contributed by atoms with E-state index in [1.807, 2.05) is 18.2 Å². The molecule has 0 bridgehead atoms. The number of anilines is 1. The molecule has 5 heteroatoms. The number of aromatic nitrogens is 1. The van der Waals surface area contributed by atoms with Gasteiger partial charge >= 0.3 is 6.09 Å². The molecule has 0 saturated carbocycles. The number of H-pyrrole nitrogens is 1. The predicted molar refractivity (Wildman–Crippen MR) is 57.6 cm³/mol. The summed E-state index contributed by atoms with van der Waals surface area (Å²) in [7, 11) is 0. The minimum Gasteiger partial charge on any atom is -0.465 e. The SMILES string of the molecule is O=C(O)Nc1c[nH]c2ccc(Br)cc12. The van der Waals surface area contributed by atoms with Gasteiger partial charge in [-0.25, -0.2) is 4.79 Å². The van der Waals surface area contributed by atoms with Crippen LogP contribution >= 0.6 is 15.9 Å². The Hall–Kier alpha value is -1.49. The lowest BCUT2D eigenvalue weighted by molar-refractivity contribution is 0.210. The number of rotatable bonds is 1. The summed E-state index contributed by atoms with van der Waals surface area (Å²) in [5.41, 5.74) is 1.46. The molecule has 3 N–H and O–H groups in total. The molecule has 0 aliphatic heterocycles. The number of halogens is 1. The molecule has 14 heavy (non-hydrogen) atoms. The minimum absolute atomic E-state index is 0.564. The number of hydrogen-bond donors (Lipinski definition) is 3. The van der Waals surface area contributed by atoms with Crippen LogP contribution in [-0.2, 0) is 0 Å². The largest absolute Gasteiger partial charge is 0.465 e. The van der Waals surface area contributed by atoms with Crippen molar-refractivity contribution in [1.82, 2.24) is 4.98 Å². The first-order chi connectivity index (χ1) is 6.66. The van der Waals surface area contributed by atoms with E-state index in [1.54, 1.807) is 6.20 Å². The normalized spacial score (nSPS) is 10.4. The Morgan fingerprint density at radius 2 is 2.29 bits per heavy atom. The molecule has 2 rings (SSSR count). The third-order valence-corrected chi connectivity index (χ3v) is 2.38. The molecule has 0 fully saturated rings. The van der Waals surface area contributed by atoms with Crippen molar-refractivity contribution < 1.29 is 9.90 Å². The van der Waals surface area contributed by atoms with Crippen molar-refractivity contribution in [2.75, 3.05) is 5.32 Å². The van der Waals surface area contributed by atoms with Crippen LogP contribution in [0.25, 0.3) is 10.9 Å². The Kier molecular flexibility index (Phi) is 2.17. The highest BCUT2D eigenvalue weighted by atomic mass is 79.9. The molecule has 72 valence electrons. The van der Waals surface area contributed by atoms with E-state index < -0.39 is 6.09 Å². The van der Waals surface area contributed by atoms with Crippen LogP contribution in [0.4, 0.5) is 10.5 Å². The van der Waals surface area contributed by atoms with Gasteiger partial charge in [0.15, 0.2) is 0 Å². The van der Waals surface area contributed by atoms with E-state index in [9.17, 15) is 4.79 Å². The molecule has 1 heterocycles. The average Bonchev–Trinajstić information content (AvgIpc) is 2.47. The molecule has 0 aliphatic carbocycles. The first-order valence-electron chi connectivity index (χ1n) is 3.93. The molecular formula is C9H7BrN2O2. The average molecular weight is 255 g/mol. The lowest BCUT2D eigenvalue weighted by atomic mass is 10.2. The van der Waals surface area contributed by atoms with Crippen LogP contribution in [0.2, 0.25) is 0 Å². The van der Waals surface area contributed by atoms with Crippen molar-refractivity contribution in [3.8, 4) is 0 Å². The number of amides is 1. The van der Waals surface area contributed by atoms with Crippen molar-refractivity contribution in [1.29, 1.82) is 0 Å². The standard InChI is InChI=1S/C9H7BrN2O2/c10-5-1-2-7-6(3-5)8(4-11-7)12-9(13)14/h1-4,11-12H,(H,13,14). The number of nitrogens with one attached hydrogen (secondary N) is 2. The fourth-order valence-electron chi connectivity index (χ4n) is 1.31. The van der Waals surface area contributed by atoms with E-state index in [0.29, 0.717) is 5.69 Å². The second-order valence-corrected chi connectivity index (χ2v) is 3.74. The Morgan fingerprint density at radius 1 is 1.50 bits per heavy atom. The molecule has 4 nitrogen and oxygen atoms in total. The number of benzene rings is 1. The highest BCUT2D eigenvalue weighted by molar-refractivity contribution is 9.10. The van der Waals surface area contributed by atoms with Gasteiger partial charge in [-0.3, -0.25) is 5.32 Å². The lowest BCUT2D eigenvalue weighted by Crippen LogP contribution is -2.06. The molecule has 0 atom stereocenters. The predicted octanol–water partition coefficient (Wildman–Crippen LogP) is 3.02. The zero-order valence-electron chi connectivity index (χ0n) is 7.04. The summed E-state index contributed by atoms with van der Waals surface area (Å²) in [6.07, 6.45) is 0.566. The smallest absolute Gasteiger partial charge is 0.409 e. The molecule has 0 radical (unpaired) electrons. The van der Waals surface area contributed by atoms with Crippen molar-refractivity contribution in [3.05, 3.63) is 28.9 Å². The third-order valence-electron chi connectivity index (χ3n) is 1.89. The summed E-state index contributed by atoms with van der Waals surface area (Å²) in [4.78, 5) is 13.4. The van der Waals surface area contributed by atoms with Crippen LogP contribution in [0.15, 0.2) is 28.9 Å². The van der Waals surface area contributed by atoms with Gasteiger partial charge in [0.1, 0.15) is 0 Å². The molecule has 1 aromatic heterocycles. The van der Waals surface area contributed by atoms with Gasteiger partial charge in [-0.15, -0.1) is 0 Å². The zero-order chi connectivity index (χ0) is 10.1. The molecule has 0 aliphatic rings. The van der Waals surface area contributed by atoms with Crippen LogP contribution in [-0.4, -0.2) is 16.2 Å². The van der Waals surface area contributed by atoms with E-state index >= 15 is 0 Å². The summed E-state index contributed by atoms with van der Waals surface area (Å²) in [5, 5.41) is 11.7. The first kappa shape index (κ1) is 9.08. The summed E-state index contributed by atoms with van der Waals surface area (Å²) in [5.74, 6) is 0. The van der Waals surface area contributed by atoms with Gasteiger partial charge in [0.2, 0.25) is 0 Å². The molecule has 1 aromatic carbocycles. The van der Waals surface area contributed by atoms with E-state index in [-0.39, 0.29) is 0 Å². The van der Waals surface area contributed by atoms with E-state index in [1.165, 1.54) is 0 Å². The van der Waals surface area contributed by atoms with Crippen molar-refractivity contribution in [2.24, 2.45) is 0 Å². The van der Waals surface area contributed by atoms with Crippen molar-refractivity contribution in [3.63, 3.8) is 0 Å². The van der Waals surface area contributed by atoms with Crippen LogP contribution in [0.1, 0.15) is 0 Å². The topological polar surface area (TPSA) is 65.1 Å². The Labute approximate surface area is 88.1 Å². The van der Waals surface area contributed by atoms with Gasteiger partial charge in [0.05, 0.1) is 5.69 Å². The fraction of sp³-hybridized carbons (Fsp3) is 0. The monoisotopic (exact) mass is 254 g/mol. The maximum absolute atomic E-state index is 10.5. The maximum atomic E-state index is 10.5. The van der Waals surface area contributed by atoms with Gasteiger partial charge in [-0.05, 0) is 18.2 Å². The highest BCUT2D eigenvalue weighted by Crippen LogP contribution is 2.26. The quantitative estimate of drug-likeness (QED) is 0.733. The Balaban J connectivity index is 2.55. The van der Waals surface area contributed by atoms with Crippen molar-refractivity contribution >= 4 is 38.6 Å². The van der Waals surface area contributed by atoms with E-state index in [2.05, 4.69) is 26.2 Å². The number of fused-ring (bicyclic) bond motifs is 1. The summed E-state index contributed by atoms with van der Waals surface area (Å²) in [6, 6.07) is 5.63. The number of carboxylic acid groups (broad SMARTS) is 1. The molecule has 2 aromatic rings. The van der Waals surface area contributed by atoms with Gasteiger partial charge in [0, 0.05) is 21.6 Å². The van der Waals surface area contributed by atoms with Crippen LogP contribution in [0, 0.1) is 0 Å². The van der Waals surface area contributed by atoms with Gasteiger partial charge in [0.25, 0.3) is 0 Å². The number of hydrogen-bond acceptors (Lipinski definition) is 1.